The summed E-state index contributed by atoms with van der Waals surface area (Å²) in [5.74, 6) is 0.225. The first-order valence-corrected chi connectivity index (χ1v) is 8.80. The molecule has 0 N–H and O–H groups in total. The monoisotopic (exact) mass is 279 g/mol. The minimum absolute atomic E-state index is 0.225. The summed E-state index contributed by atoms with van der Waals surface area (Å²) in [6.07, 6.45) is 21.4. The average molecular weight is 279 g/mol. The summed E-state index contributed by atoms with van der Waals surface area (Å²) < 4.78 is 0. The molecule has 0 aromatic rings. The predicted molar refractivity (Wildman–Crippen MR) is 89.8 cm³/mol. The number of rotatable bonds is 16. The van der Waals surface area contributed by atoms with E-state index in [2.05, 4.69) is 13.5 Å². The Bertz CT molecular complexity index is 220. The van der Waals surface area contributed by atoms with Crippen molar-refractivity contribution >= 4 is 5.78 Å². The molecule has 0 amide bonds. The summed E-state index contributed by atoms with van der Waals surface area (Å²) >= 11 is 0. The molecule has 0 heterocycles. The molecule has 0 aliphatic carbocycles. The zero-order chi connectivity index (χ0) is 14.9. The van der Waals surface area contributed by atoms with Crippen LogP contribution in [-0.4, -0.2) is 5.78 Å². The van der Waals surface area contributed by atoms with Crippen molar-refractivity contribution < 1.29 is 4.79 Å². The second-order valence-electron chi connectivity index (χ2n) is 5.86. The van der Waals surface area contributed by atoms with Crippen molar-refractivity contribution in [3.8, 4) is 0 Å². The van der Waals surface area contributed by atoms with Crippen LogP contribution in [0.25, 0.3) is 0 Å². The molecule has 0 atom stereocenters. The Morgan fingerprint density at radius 3 is 1.55 bits per heavy atom. The van der Waals surface area contributed by atoms with E-state index in [0.29, 0.717) is 6.42 Å². The standard InChI is InChI=1S/C19H35O/c1-3-5-6-7-8-9-10-11-12-13-14-15-16-18-19(20)17-4-2/h4,17H,2-3,5-16,18H2,1H3. The summed E-state index contributed by atoms with van der Waals surface area (Å²) in [6, 6.07) is 0. The Hall–Kier alpha value is -0.590. The van der Waals surface area contributed by atoms with Crippen molar-refractivity contribution in [3.05, 3.63) is 19.1 Å². The SMILES string of the molecule is C=C[CH]C(=O)CCCCCCCCCCCCCCC. The van der Waals surface area contributed by atoms with E-state index < -0.39 is 0 Å². The first-order chi connectivity index (χ1) is 9.81. The molecule has 0 aliphatic heterocycles. The summed E-state index contributed by atoms with van der Waals surface area (Å²) in [5.41, 5.74) is 0. The molecule has 0 fully saturated rings. The van der Waals surface area contributed by atoms with Gasteiger partial charge in [0, 0.05) is 12.8 Å². The third-order valence-electron chi connectivity index (χ3n) is 3.83. The van der Waals surface area contributed by atoms with Gasteiger partial charge in [-0.2, -0.15) is 0 Å². The van der Waals surface area contributed by atoms with Crippen LogP contribution in [0, 0.1) is 6.42 Å². The lowest BCUT2D eigenvalue weighted by molar-refractivity contribution is -0.115. The number of unbranched alkanes of at least 4 members (excludes halogenated alkanes) is 12. The lowest BCUT2D eigenvalue weighted by Gasteiger charge is -2.02. The van der Waals surface area contributed by atoms with Gasteiger partial charge in [0.1, 0.15) is 5.78 Å². The Morgan fingerprint density at radius 2 is 1.15 bits per heavy atom. The van der Waals surface area contributed by atoms with Gasteiger partial charge in [0.15, 0.2) is 0 Å². The smallest absolute Gasteiger partial charge is 0.140 e. The normalized spacial score (nSPS) is 10.7. The van der Waals surface area contributed by atoms with Crippen molar-refractivity contribution in [1.82, 2.24) is 0 Å². The van der Waals surface area contributed by atoms with Crippen LogP contribution in [0.5, 0.6) is 0 Å². The highest BCUT2D eigenvalue weighted by Crippen LogP contribution is 2.13. The van der Waals surface area contributed by atoms with Crippen LogP contribution in [0.2, 0.25) is 0 Å². The first kappa shape index (κ1) is 19.4. The molecule has 0 aromatic heterocycles. The Labute approximate surface area is 127 Å². The molecular weight excluding hydrogens is 244 g/mol. The minimum Gasteiger partial charge on any atom is -0.299 e. The van der Waals surface area contributed by atoms with E-state index in [1.807, 2.05) is 0 Å². The van der Waals surface area contributed by atoms with E-state index in [9.17, 15) is 4.79 Å². The lowest BCUT2D eigenvalue weighted by Crippen LogP contribution is -1.95. The molecule has 1 heteroatoms. The van der Waals surface area contributed by atoms with Gasteiger partial charge in [-0.15, -0.1) is 6.58 Å². The number of carbonyl (C=O) groups excluding carboxylic acids is 1. The van der Waals surface area contributed by atoms with Crippen molar-refractivity contribution in [3.63, 3.8) is 0 Å². The summed E-state index contributed by atoms with van der Waals surface area (Å²) in [7, 11) is 0. The van der Waals surface area contributed by atoms with Crippen LogP contribution in [-0.2, 0) is 4.79 Å². The van der Waals surface area contributed by atoms with Gasteiger partial charge >= 0.3 is 0 Å². The Kier molecular flexibility index (Phi) is 16.0. The first-order valence-electron chi connectivity index (χ1n) is 8.80. The summed E-state index contributed by atoms with van der Waals surface area (Å²) in [5, 5.41) is 0. The third-order valence-corrected chi connectivity index (χ3v) is 3.83. The van der Waals surface area contributed by atoms with E-state index in [0.717, 1.165) is 6.42 Å². The molecule has 0 saturated heterocycles. The van der Waals surface area contributed by atoms with Crippen LogP contribution < -0.4 is 0 Å². The van der Waals surface area contributed by atoms with Crippen molar-refractivity contribution in [2.45, 2.75) is 96.8 Å². The lowest BCUT2D eigenvalue weighted by atomic mass is 10.0. The molecular formula is C19H35O. The van der Waals surface area contributed by atoms with Crippen LogP contribution in [0.1, 0.15) is 96.8 Å². The fraction of sp³-hybridized carbons (Fsp3) is 0.789. The minimum atomic E-state index is 0.225. The number of carbonyl (C=O) groups is 1. The zero-order valence-electron chi connectivity index (χ0n) is 13.7. The average Bonchev–Trinajstić information content (AvgIpc) is 2.44. The zero-order valence-corrected chi connectivity index (χ0v) is 13.7. The number of hydrogen-bond donors (Lipinski definition) is 0. The number of ketones is 1. The second-order valence-corrected chi connectivity index (χ2v) is 5.86. The van der Waals surface area contributed by atoms with E-state index in [-0.39, 0.29) is 5.78 Å². The van der Waals surface area contributed by atoms with Gasteiger partial charge in [0.25, 0.3) is 0 Å². The highest BCUT2D eigenvalue weighted by atomic mass is 16.1. The molecule has 0 unspecified atom stereocenters. The molecule has 1 nitrogen and oxygen atoms in total. The molecule has 20 heavy (non-hydrogen) atoms. The third kappa shape index (κ3) is 15.5. The van der Waals surface area contributed by atoms with E-state index in [1.54, 1.807) is 12.5 Å². The molecule has 1 radical (unpaired) electrons. The quantitative estimate of drug-likeness (QED) is 0.298. The van der Waals surface area contributed by atoms with Crippen LogP contribution in [0.3, 0.4) is 0 Å². The topological polar surface area (TPSA) is 17.1 Å². The molecule has 0 rings (SSSR count). The highest BCUT2D eigenvalue weighted by Gasteiger charge is 1.99. The van der Waals surface area contributed by atoms with Crippen molar-refractivity contribution in [2.75, 3.05) is 0 Å². The largest absolute Gasteiger partial charge is 0.299 e. The highest BCUT2D eigenvalue weighted by molar-refractivity contribution is 5.88. The van der Waals surface area contributed by atoms with Gasteiger partial charge in [0.05, 0.1) is 0 Å². The van der Waals surface area contributed by atoms with Gasteiger partial charge in [-0.3, -0.25) is 4.79 Å². The van der Waals surface area contributed by atoms with E-state index in [1.165, 1.54) is 77.0 Å². The fourth-order valence-corrected chi connectivity index (χ4v) is 2.53. The van der Waals surface area contributed by atoms with E-state index >= 15 is 0 Å². The summed E-state index contributed by atoms with van der Waals surface area (Å²) in [6.45, 7) is 5.81. The maximum Gasteiger partial charge on any atom is 0.140 e. The van der Waals surface area contributed by atoms with Crippen molar-refractivity contribution in [1.29, 1.82) is 0 Å². The second kappa shape index (κ2) is 16.5. The van der Waals surface area contributed by atoms with Crippen LogP contribution in [0.4, 0.5) is 0 Å². The molecule has 117 valence electrons. The van der Waals surface area contributed by atoms with Gasteiger partial charge in [-0.05, 0) is 6.42 Å². The van der Waals surface area contributed by atoms with Crippen molar-refractivity contribution in [2.24, 2.45) is 0 Å². The number of hydrogen-bond acceptors (Lipinski definition) is 1. The molecule has 0 spiro atoms. The van der Waals surface area contributed by atoms with Gasteiger partial charge in [-0.1, -0.05) is 90.0 Å². The number of allylic oxidation sites excluding steroid dienone is 1. The maximum absolute atomic E-state index is 11.2. The van der Waals surface area contributed by atoms with Gasteiger partial charge in [-0.25, -0.2) is 0 Å². The maximum atomic E-state index is 11.2. The van der Waals surface area contributed by atoms with Gasteiger partial charge < -0.3 is 0 Å². The summed E-state index contributed by atoms with van der Waals surface area (Å²) in [4.78, 5) is 11.2. The van der Waals surface area contributed by atoms with Crippen LogP contribution in [0.15, 0.2) is 12.7 Å². The van der Waals surface area contributed by atoms with Crippen LogP contribution >= 0.6 is 0 Å². The van der Waals surface area contributed by atoms with Gasteiger partial charge in [0.2, 0.25) is 0 Å². The molecule has 0 aromatic carbocycles. The molecule has 0 aliphatic rings. The Morgan fingerprint density at radius 1 is 0.750 bits per heavy atom. The fourth-order valence-electron chi connectivity index (χ4n) is 2.53. The van der Waals surface area contributed by atoms with E-state index in [4.69, 9.17) is 0 Å². The molecule has 0 saturated carbocycles. The Balaban J connectivity index is 3.02. The molecule has 0 bridgehead atoms. The predicted octanol–water partition coefficient (Wildman–Crippen LogP) is 6.43. The number of Topliss-reactive ketones (excluding diaryl/α,β-unsaturated/α-hetero) is 1.